The topological polar surface area (TPSA) is 20.2 Å². The van der Waals surface area contributed by atoms with Crippen molar-refractivity contribution in [2.24, 2.45) is 0 Å². The van der Waals surface area contributed by atoms with Crippen LogP contribution in [0.1, 0.15) is 5.56 Å². The Morgan fingerprint density at radius 2 is 1.56 bits per heavy atom. The van der Waals surface area contributed by atoms with Crippen molar-refractivity contribution in [1.29, 1.82) is 0 Å². The van der Waals surface area contributed by atoms with Crippen LogP contribution in [-0.4, -0.2) is 5.11 Å². The van der Waals surface area contributed by atoms with E-state index >= 15 is 0 Å². The molecule has 1 N–H and O–H groups in total. The lowest BCUT2D eigenvalue weighted by atomic mass is 10.0. The molecule has 0 spiro atoms. The Labute approximate surface area is 106 Å². The van der Waals surface area contributed by atoms with Crippen LogP contribution in [0.5, 0.6) is 5.75 Å². The Hall–Kier alpha value is -1.68. The monoisotopic (exact) mass is 272 g/mol. The molecule has 1 nitrogen and oxygen atoms in total. The lowest BCUT2D eigenvalue weighted by Crippen LogP contribution is -2.03. The van der Waals surface area contributed by atoms with Crippen molar-refractivity contribution in [1.82, 2.24) is 0 Å². The maximum atomic E-state index is 12.4. The molecule has 0 atom stereocenters. The second-order valence-corrected chi connectivity index (χ2v) is 4.09. The first-order valence-corrected chi connectivity index (χ1v) is 5.42. The van der Waals surface area contributed by atoms with Gasteiger partial charge in [-0.05, 0) is 23.8 Å². The van der Waals surface area contributed by atoms with Crippen molar-refractivity contribution in [3.05, 3.63) is 53.1 Å². The van der Waals surface area contributed by atoms with Gasteiger partial charge in [0.05, 0.1) is 10.6 Å². The van der Waals surface area contributed by atoms with Gasteiger partial charge in [0, 0.05) is 5.56 Å². The molecule has 0 aromatic heterocycles. The van der Waals surface area contributed by atoms with Crippen LogP contribution in [0.2, 0.25) is 5.02 Å². The molecule has 0 unspecified atom stereocenters. The van der Waals surface area contributed by atoms with Gasteiger partial charge in [0.15, 0.2) is 0 Å². The Kier molecular flexibility index (Phi) is 3.22. The molecule has 94 valence electrons. The molecule has 0 radical (unpaired) electrons. The number of aromatic hydroxyl groups is 1. The minimum Gasteiger partial charge on any atom is -0.506 e. The smallest absolute Gasteiger partial charge is 0.416 e. The summed E-state index contributed by atoms with van der Waals surface area (Å²) in [4.78, 5) is 0. The average molecular weight is 273 g/mol. The van der Waals surface area contributed by atoms with E-state index in [0.29, 0.717) is 11.1 Å². The van der Waals surface area contributed by atoms with Gasteiger partial charge in [-0.25, -0.2) is 0 Å². The number of phenolic OH excluding ortho intramolecular Hbond substituents is 1. The van der Waals surface area contributed by atoms with Crippen molar-refractivity contribution in [3.8, 4) is 16.9 Å². The maximum Gasteiger partial charge on any atom is 0.416 e. The maximum absolute atomic E-state index is 12.4. The van der Waals surface area contributed by atoms with Crippen LogP contribution < -0.4 is 0 Å². The zero-order valence-corrected chi connectivity index (χ0v) is 9.76. The van der Waals surface area contributed by atoms with E-state index < -0.39 is 11.7 Å². The number of phenols is 1. The number of hydrogen-bond acceptors (Lipinski definition) is 1. The fourth-order valence-electron chi connectivity index (χ4n) is 1.58. The highest BCUT2D eigenvalue weighted by atomic mass is 35.5. The van der Waals surface area contributed by atoms with Crippen LogP contribution >= 0.6 is 11.6 Å². The fraction of sp³-hybridized carbons (Fsp3) is 0.0769. The van der Waals surface area contributed by atoms with Gasteiger partial charge < -0.3 is 5.11 Å². The Morgan fingerprint density at radius 1 is 0.944 bits per heavy atom. The summed E-state index contributed by atoms with van der Waals surface area (Å²) in [5.74, 6) is -0.103. The van der Waals surface area contributed by atoms with Gasteiger partial charge in [-0.15, -0.1) is 0 Å². The predicted octanol–water partition coefficient (Wildman–Crippen LogP) is 4.73. The molecular formula is C13H8ClF3O. The molecule has 2 aromatic rings. The first kappa shape index (κ1) is 12.8. The fourth-order valence-corrected chi connectivity index (χ4v) is 1.82. The van der Waals surface area contributed by atoms with Crippen LogP contribution in [0.4, 0.5) is 13.2 Å². The largest absolute Gasteiger partial charge is 0.506 e. The molecule has 2 rings (SSSR count). The van der Waals surface area contributed by atoms with Gasteiger partial charge in [0.2, 0.25) is 0 Å². The summed E-state index contributed by atoms with van der Waals surface area (Å²) in [6.45, 7) is 0. The van der Waals surface area contributed by atoms with Crippen LogP contribution in [0.25, 0.3) is 11.1 Å². The Bertz CT molecular complexity index is 561. The quantitative estimate of drug-likeness (QED) is 0.795. The summed E-state index contributed by atoms with van der Waals surface area (Å²) >= 11 is 5.89. The Balaban J connectivity index is 2.44. The van der Waals surface area contributed by atoms with Gasteiger partial charge in [-0.3, -0.25) is 0 Å². The van der Waals surface area contributed by atoms with Gasteiger partial charge in [0.1, 0.15) is 5.75 Å². The second-order valence-electron chi connectivity index (χ2n) is 3.71. The van der Waals surface area contributed by atoms with Crippen LogP contribution in [0.3, 0.4) is 0 Å². The summed E-state index contributed by atoms with van der Waals surface area (Å²) in [5, 5.41) is 9.56. The first-order valence-electron chi connectivity index (χ1n) is 5.04. The summed E-state index contributed by atoms with van der Waals surface area (Å²) in [6.07, 6.45) is -4.36. The second kappa shape index (κ2) is 4.53. The number of alkyl halides is 3. The van der Waals surface area contributed by atoms with Crippen molar-refractivity contribution >= 4 is 11.6 Å². The highest BCUT2D eigenvalue weighted by molar-refractivity contribution is 6.34. The molecule has 2 aromatic carbocycles. The van der Waals surface area contributed by atoms with E-state index in [1.807, 2.05) is 0 Å². The third-order valence-corrected chi connectivity index (χ3v) is 2.90. The third-order valence-electron chi connectivity index (χ3n) is 2.50. The highest BCUT2D eigenvalue weighted by Gasteiger charge is 2.30. The summed E-state index contributed by atoms with van der Waals surface area (Å²) in [6, 6.07) is 9.23. The lowest BCUT2D eigenvalue weighted by molar-refractivity contribution is -0.137. The molecule has 0 heterocycles. The minimum absolute atomic E-state index is 0.103. The average Bonchev–Trinajstić information content (AvgIpc) is 2.32. The molecule has 0 aliphatic rings. The first-order chi connectivity index (χ1) is 8.39. The van der Waals surface area contributed by atoms with Gasteiger partial charge in [-0.1, -0.05) is 35.9 Å². The molecule has 0 fully saturated rings. The standard InChI is InChI=1S/C13H8ClF3O/c14-12-10(2-1-3-11(12)18)8-4-6-9(7-5-8)13(15,16)17/h1-7,18H. The highest BCUT2D eigenvalue weighted by Crippen LogP contribution is 2.36. The summed E-state index contributed by atoms with van der Waals surface area (Å²) < 4.78 is 37.2. The molecule has 0 aliphatic heterocycles. The van der Waals surface area contributed by atoms with E-state index in [1.165, 1.54) is 18.2 Å². The molecule has 0 aliphatic carbocycles. The van der Waals surface area contributed by atoms with Crippen molar-refractivity contribution < 1.29 is 18.3 Å². The van der Waals surface area contributed by atoms with Crippen LogP contribution in [-0.2, 0) is 6.18 Å². The van der Waals surface area contributed by atoms with E-state index in [1.54, 1.807) is 12.1 Å². The van der Waals surface area contributed by atoms with Gasteiger partial charge >= 0.3 is 6.18 Å². The molecule has 0 bridgehead atoms. The van der Waals surface area contributed by atoms with Crippen LogP contribution in [0.15, 0.2) is 42.5 Å². The number of halogens is 4. The normalized spacial score (nSPS) is 11.6. The zero-order valence-electron chi connectivity index (χ0n) is 9.00. The van der Waals surface area contributed by atoms with E-state index in [-0.39, 0.29) is 10.8 Å². The summed E-state index contributed by atoms with van der Waals surface area (Å²) in [7, 11) is 0. The zero-order chi connectivity index (χ0) is 13.3. The van der Waals surface area contributed by atoms with Crippen LogP contribution in [0, 0.1) is 0 Å². The number of hydrogen-bond donors (Lipinski definition) is 1. The predicted molar refractivity (Wildman–Crippen MR) is 63.6 cm³/mol. The minimum atomic E-state index is -4.36. The molecule has 18 heavy (non-hydrogen) atoms. The molecule has 0 saturated heterocycles. The lowest BCUT2D eigenvalue weighted by Gasteiger charge is -2.09. The number of rotatable bonds is 1. The van der Waals surface area contributed by atoms with E-state index in [9.17, 15) is 18.3 Å². The third kappa shape index (κ3) is 2.43. The molecule has 0 saturated carbocycles. The van der Waals surface area contributed by atoms with Crippen molar-refractivity contribution in [2.45, 2.75) is 6.18 Å². The van der Waals surface area contributed by atoms with E-state index in [2.05, 4.69) is 0 Å². The molecule has 0 amide bonds. The van der Waals surface area contributed by atoms with Gasteiger partial charge in [0.25, 0.3) is 0 Å². The van der Waals surface area contributed by atoms with Crippen molar-refractivity contribution in [3.63, 3.8) is 0 Å². The van der Waals surface area contributed by atoms with Crippen molar-refractivity contribution in [2.75, 3.05) is 0 Å². The number of benzene rings is 2. The van der Waals surface area contributed by atoms with E-state index in [0.717, 1.165) is 12.1 Å². The Morgan fingerprint density at radius 3 is 2.11 bits per heavy atom. The summed E-state index contributed by atoms with van der Waals surface area (Å²) in [5.41, 5.74) is 0.289. The van der Waals surface area contributed by atoms with E-state index in [4.69, 9.17) is 11.6 Å². The van der Waals surface area contributed by atoms with Gasteiger partial charge in [-0.2, -0.15) is 13.2 Å². The molecule has 5 heteroatoms. The SMILES string of the molecule is Oc1cccc(-c2ccc(C(F)(F)F)cc2)c1Cl. The molecular weight excluding hydrogens is 265 g/mol.